The summed E-state index contributed by atoms with van der Waals surface area (Å²) in [6, 6.07) is 5.81. The molecule has 0 bridgehead atoms. The minimum absolute atomic E-state index is 0.0189. The van der Waals surface area contributed by atoms with Crippen LogP contribution in [0.25, 0.3) is 0 Å². The Morgan fingerprint density at radius 1 is 1.04 bits per heavy atom. The molecule has 2 heterocycles. The molecule has 1 N–H and O–H groups in total. The van der Waals surface area contributed by atoms with Crippen molar-refractivity contribution in [2.45, 2.75) is 25.2 Å². The summed E-state index contributed by atoms with van der Waals surface area (Å²) < 4.78 is 15.8. The van der Waals surface area contributed by atoms with E-state index in [1.807, 2.05) is 0 Å². The van der Waals surface area contributed by atoms with E-state index in [0.717, 1.165) is 16.7 Å². The van der Waals surface area contributed by atoms with Gasteiger partial charge in [-0.15, -0.1) is 0 Å². The van der Waals surface area contributed by atoms with Crippen molar-refractivity contribution >= 4 is 11.6 Å². The number of nitrogens with zero attached hydrogens (tertiary/aromatic N) is 2. The van der Waals surface area contributed by atoms with E-state index in [4.69, 9.17) is 0 Å². The predicted octanol–water partition coefficient (Wildman–Crippen LogP) is 1.79. The van der Waals surface area contributed by atoms with Gasteiger partial charge in [0.25, 0.3) is 5.56 Å². The maximum absolute atomic E-state index is 13.4. The first-order valence-corrected chi connectivity index (χ1v) is 8.48. The fraction of sp³-hybridized carbons (Fsp3) is 0.316. The highest BCUT2D eigenvalue weighted by Gasteiger charge is 2.38. The van der Waals surface area contributed by atoms with Crippen molar-refractivity contribution in [2.24, 2.45) is 14.1 Å². The van der Waals surface area contributed by atoms with Gasteiger partial charge in [0.05, 0.1) is 5.56 Å². The zero-order valence-electron chi connectivity index (χ0n) is 14.5. The van der Waals surface area contributed by atoms with Crippen molar-refractivity contribution in [3.63, 3.8) is 0 Å². The summed E-state index contributed by atoms with van der Waals surface area (Å²) in [5.41, 5.74) is 1.40. The number of Topliss-reactive ketones (excluding diaryl/α,β-unsaturated/α-hetero) is 1. The number of nitrogens with one attached hydrogen (secondary N) is 1. The molecule has 7 heteroatoms. The Morgan fingerprint density at radius 3 is 2.42 bits per heavy atom. The number of benzene rings is 1. The Labute approximate surface area is 148 Å². The Kier molecular flexibility index (Phi) is 3.68. The van der Waals surface area contributed by atoms with Gasteiger partial charge < -0.3 is 5.32 Å². The molecule has 0 saturated heterocycles. The number of anilines is 1. The molecule has 0 spiro atoms. The van der Waals surface area contributed by atoms with Crippen LogP contribution in [0.3, 0.4) is 0 Å². The van der Waals surface area contributed by atoms with Crippen molar-refractivity contribution in [3.05, 3.63) is 73.3 Å². The van der Waals surface area contributed by atoms with Gasteiger partial charge in [0.15, 0.2) is 5.78 Å². The fourth-order valence-electron chi connectivity index (χ4n) is 3.89. The first-order chi connectivity index (χ1) is 12.4. The zero-order valence-corrected chi connectivity index (χ0v) is 14.5. The third-order valence-corrected chi connectivity index (χ3v) is 5.21. The number of fused-ring (bicyclic) bond motifs is 1. The summed E-state index contributed by atoms with van der Waals surface area (Å²) in [7, 11) is 3.00. The molecule has 1 aliphatic carbocycles. The summed E-state index contributed by atoms with van der Waals surface area (Å²) >= 11 is 0. The van der Waals surface area contributed by atoms with Crippen LogP contribution in [-0.4, -0.2) is 14.9 Å². The van der Waals surface area contributed by atoms with Crippen LogP contribution in [0.2, 0.25) is 0 Å². The molecule has 4 rings (SSSR count). The largest absolute Gasteiger partial charge is 0.344 e. The smallest absolute Gasteiger partial charge is 0.332 e. The highest BCUT2D eigenvalue weighted by molar-refractivity contribution is 6.00. The molecule has 26 heavy (non-hydrogen) atoms. The van der Waals surface area contributed by atoms with E-state index in [9.17, 15) is 18.8 Å². The number of hydrogen-bond acceptors (Lipinski definition) is 4. The molecule has 0 radical (unpaired) electrons. The summed E-state index contributed by atoms with van der Waals surface area (Å²) in [5.74, 6) is -0.615. The van der Waals surface area contributed by atoms with Crippen LogP contribution >= 0.6 is 0 Å². The quantitative estimate of drug-likeness (QED) is 0.846. The normalized spacial score (nSPS) is 19.0. The van der Waals surface area contributed by atoms with E-state index in [1.54, 1.807) is 19.2 Å². The molecule has 2 aliphatic rings. The Balaban J connectivity index is 2.08. The third-order valence-electron chi connectivity index (χ3n) is 5.21. The SMILES string of the molecule is Cn1c2c(c(=O)n(C)c1=O)[C@H](c1ccc(F)cc1)C1=C(CCCC1=O)N2. The molecule has 1 aromatic heterocycles. The summed E-state index contributed by atoms with van der Waals surface area (Å²) in [5, 5.41) is 3.15. The first kappa shape index (κ1) is 16.5. The summed E-state index contributed by atoms with van der Waals surface area (Å²) in [6.45, 7) is 0. The molecular formula is C19H18FN3O3. The van der Waals surface area contributed by atoms with Crippen LogP contribution in [0.1, 0.15) is 36.3 Å². The van der Waals surface area contributed by atoms with Crippen LogP contribution in [0.4, 0.5) is 10.2 Å². The average Bonchev–Trinajstić information content (AvgIpc) is 2.64. The van der Waals surface area contributed by atoms with Gasteiger partial charge in [-0.25, -0.2) is 9.18 Å². The molecule has 0 fully saturated rings. The van der Waals surface area contributed by atoms with Gasteiger partial charge in [0.1, 0.15) is 11.6 Å². The van der Waals surface area contributed by atoms with Gasteiger partial charge in [0, 0.05) is 37.7 Å². The minimum Gasteiger partial charge on any atom is -0.344 e. The number of carbonyl (C=O) groups excluding carboxylic acids is 1. The molecule has 0 saturated carbocycles. The zero-order chi connectivity index (χ0) is 18.6. The lowest BCUT2D eigenvalue weighted by Crippen LogP contribution is -2.44. The van der Waals surface area contributed by atoms with Gasteiger partial charge in [-0.05, 0) is 30.5 Å². The lowest BCUT2D eigenvalue weighted by molar-refractivity contribution is -0.116. The fourth-order valence-corrected chi connectivity index (χ4v) is 3.89. The molecule has 6 nitrogen and oxygen atoms in total. The third kappa shape index (κ3) is 2.27. The first-order valence-electron chi connectivity index (χ1n) is 8.48. The molecule has 1 atom stereocenters. The molecule has 1 aromatic carbocycles. The van der Waals surface area contributed by atoms with E-state index < -0.39 is 17.2 Å². The minimum atomic E-state index is -0.611. The van der Waals surface area contributed by atoms with E-state index >= 15 is 0 Å². The molecule has 0 amide bonds. The topological polar surface area (TPSA) is 73.1 Å². The molecule has 134 valence electrons. The number of halogens is 1. The monoisotopic (exact) mass is 355 g/mol. The van der Waals surface area contributed by atoms with Crippen LogP contribution < -0.4 is 16.6 Å². The lowest BCUT2D eigenvalue weighted by Gasteiger charge is -2.34. The molecular weight excluding hydrogens is 337 g/mol. The van der Waals surface area contributed by atoms with Crippen molar-refractivity contribution in [1.82, 2.24) is 9.13 Å². The van der Waals surface area contributed by atoms with Gasteiger partial charge in [-0.3, -0.25) is 18.7 Å². The van der Waals surface area contributed by atoms with Gasteiger partial charge >= 0.3 is 5.69 Å². The van der Waals surface area contributed by atoms with Crippen LogP contribution in [0.15, 0.2) is 45.1 Å². The second-order valence-electron chi connectivity index (χ2n) is 6.75. The summed E-state index contributed by atoms with van der Waals surface area (Å²) in [6.07, 6.45) is 1.80. The van der Waals surface area contributed by atoms with Gasteiger partial charge in [-0.1, -0.05) is 12.1 Å². The standard InChI is InChI=1S/C19H18FN3O3/c1-22-17-16(18(25)23(2)19(22)26)14(10-6-8-11(20)9-7-10)15-12(21-17)4-3-5-13(15)24/h6-9,14,21H,3-5H2,1-2H3/t14-/m1/s1. The van der Waals surface area contributed by atoms with E-state index in [1.165, 1.54) is 23.7 Å². The molecule has 1 aliphatic heterocycles. The number of ketones is 1. The predicted molar refractivity (Wildman–Crippen MR) is 94.7 cm³/mol. The van der Waals surface area contributed by atoms with Crippen molar-refractivity contribution in [3.8, 4) is 0 Å². The van der Waals surface area contributed by atoms with Crippen LogP contribution in [0.5, 0.6) is 0 Å². The van der Waals surface area contributed by atoms with Crippen LogP contribution in [0, 0.1) is 5.82 Å². The van der Waals surface area contributed by atoms with Gasteiger partial charge in [0.2, 0.25) is 0 Å². The summed E-state index contributed by atoms with van der Waals surface area (Å²) in [4.78, 5) is 37.9. The number of hydrogen-bond donors (Lipinski definition) is 1. The van der Waals surface area contributed by atoms with Crippen molar-refractivity contribution in [2.75, 3.05) is 5.32 Å². The number of aromatic nitrogens is 2. The second-order valence-corrected chi connectivity index (χ2v) is 6.75. The molecule has 0 unspecified atom stereocenters. The number of allylic oxidation sites excluding steroid dienone is 2. The van der Waals surface area contributed by atoms with Crippen molar-refractivity contribution < 1.29 is 9.18 Å². The van der Waals surface area contributed by atoms with E-state index in [0.29, 0.717) is 35.4 Å². The van der Waals surface area contributed by atoms with Gasteiger partial charge in [-0.2, -0.15) is 0 Å². The van der Waals surface area contributed by atoms with E-state index in [-0.39, 0.29) is 11.6 Å². The maximum atomic E-state index is 13.4. The number of carbonyl (C=O) groups is 1. The molecule has 2 aromatic rings. The number of rotatable bonds is 1. The highest BCUT2D eigenvalue weighted by atomic mass is 19.1. The highest BCUT2D eigenvalue weighted by Crippen LogP contribution is 2.43. The Hall–Kier alpha value is -2.96. The Morgan fingerprint density at radius 2 is 1.73 bits per heavy atom. The maximum Gasteiger partial charge on any atom is 0.332 e. The van der Waals surface area contributed by atoms with E-state index in [2.05, 4.69) is 5.32 Å². The second kappa shape index (κ2) is 5.79. The van der Waals surface area contributed by atoms with Crippen molar-refractivity contribution in [1.29, 1.82) is 0 Å². The average molecular weight is 355 g/mol. The Bertz CT molecular complexity index is 1080. The van der Waals surface area contributed by atoms with Crippen LogP contribution in [-0.2, 0) is 18.9 Å². The lowest BCUT2D eigenvalue weighted by atomic mass is 9.76.